The maximum Gasteiger partial charge on any atom is 0.272 e. The first-order chi connectivity index (χ1) is 12.5. The number of aromatic nitrogens is 1. The van der Waals surface area contributed by atoms with Gasteiger partial charge in [0.15, 0.2) is 0 Å². The summed E-state index contributed by atoms with van der Waals surface area (Å²) in [5.74, 6) is 0.764. The number of carbonyl (C=O) groups is 1. The van der Waals surface area contributed by atoms with Crippen LogP contribution >= 0.6 is 0 Å². The van der Waals surface area contributed by atoms with Crippen molar-refractivity contribution in [2.24, 2.45) is 0 Å². The molecule has 6 heteroatoms. The highest BCUT2D eigenvalue weighted by Crippen LogP contribution is 2.28. The van der Waals surface area contributed by atoms with E-state index in [-0.39, 0.29) is 12.0 Å². The molecule has 6 nitrogen and oxygen atoms in total. The zero-order valence-corrected chi connectivity index (χ0v) is 15.6. The summed E-state index contributed by atoms with van der Waals surface area (Å²) in [5.41, 5.74) is 2.14. The van der Waals surface area contributed by atoms with Gasteiger partial charge in [-0.15, -0.1) is 0 Å². The second kappa shape index (κ2) is 8.19. The number of para-hydroxylation sites is 2. The summed E-state index contributed by atoms with van der Waals surface area (Å²) in [6.07, 6.45) is 1.75. The third-order valence-corrected chi connectivity index (χ3v) is 4.30. The quantitative estimate of drug-likeness (QED) is 0.894. The summed E-state index contributed by atoms with van der Waals surface area (Å²) < 4.78 is 5.84. The highest BCUT2D eigenvalue weighted by atomic mass is 16.5. The van der Waals surface area contributed by atoms with Crippen LogP contribution in [0.2, 0.25) is 0 Å². The fourth-order valence-electron chi connectivity index (χ4n) is 2.88. The maximum absolute atomic E-state index is 12.7. The van der Waals surface area contributed by atoms with Crippen LogP contribution in [0.4, 0.5) is 11.4 Å². The van der Waals surface area contributed by atoms with Crippen molar-refractivity contribution in [3.63, 3.8) is 0 Å². The van der Waals surface area contributed by atoms with E-state index in [1.165, 1.54) is 0 Å². The average molecular weight is 354 g/mol. The summed E-state index contributed by atoms with van der Waals surface area (Å²) >= 11 is 0. The van der Waals surface area contributed by atoms with Crippen LogP contribution in [0.1, 0.15) is 24.3 Å². The molecule has 2 heterocycles. The van der Waals surface area contributed by atoms with E-state index in [9.17, 15) is 4.79 Å². The second-order valence-corrected chi connectivity index (χ2v) is 6.81. The van der Waals surface area contributed by atoms with Crippen LogP contribution in [0, 0.1) is 0 Å². The Labute approximate surface area is 154 Å². The molecule has 2 aromatic rings. The number of ether oxygens (including phenoxy) is 1. The Morgan fingerprint density at radius 3 is 2.62 bits per heavy atom. The molecule has 1 amide bonds. The van der Waals surface area contributed by atoms with Crippen LogP contribution < -0.4 is 10.1 Å². The van der Waals surface area contributed by atoms with Crippen molar-refractivity contribution in [2.45, 2.75) is 20.0 Å². The number of pyridine rings is 1. The number of nitrogens with zero attached hydrogens (tertiary/aromatic N) is 3. The first-order valence-corrected chi connectivity index (χ1v) is 8.99. The minimum Gasteiger partial charge on any atom is -0.489 e. The molecule has 0 atom stereocenters. The summed E-state index contributed by atoms with van der Waals surface area (Å²) in [6.45, 7) is 7.25. The molecule has 1 saturated heterocycles. The van der Waals surface area contributed by atoms with Crippen molar-refractivity contribution in [3.8, 4) is 5.75 Å². The summed E-state index contributed by atoms with van der Waals surface area (Å²) in [6, 6.07) is 11.4. The van der Waals surface area contributed by atoms with Gasteiger partial charge in [0, 0.05) is 38.1 Å². The van der Waals surface area contributed by atoms with E-state index >= 15 is 0 Å². The number of anilines is 2. The fourth-order valence-corrected chi connectivity index (χ4v) is 2.88. The lowest BCUT2D eigenvalue weighted by atomic mass is 10.2. The molecule has 1 N–H and O–H groups in total. The number of hydrogen-bond acceptors (Lipinski definition) is 5. The lowest BCUT2D eigenvalue weighted by Crippen LogP contribution is -2.47. The zero-order valence-electron chi connectivity index (χ0n) is 15.6. The molecule has 3 rings (SSSR count). The van der Waals surface area contributed by atoms with Gasteiger partial charge in [0.05, 0.1) is 11.8 Å². The van der Waals surface area contributed by atoms with Gasteiger partial charge in [0.2, 0.25) is 0 Å². The number of benzene rings is 1. The monoisotopic (exact) mass is 354 g/mol. The highest BCUT2D eigenvalue weighted by molar-refractivity contribution is 5.93. The molecular weight excluding hydrogens is 328 g/mol. The van der Waals surface area contributed by atoms with Crippen molar-refractivity contribution in [2.75, 3.05) is 38.5 Å². The highest BCUT2D eigenvalue weighted by Gasteiger charge is 2.21. The van der Waals surface area contributed by atoms with Gasteiger partial charge in [-0.25, -0.2) is 0 Å². The molecule has 1 fully saturated rings. The number of nitrogens with one attached hydrogen (secondary N) is 1. The van der Waals surface area contributed by atoms with Gasteiger partial charge in [0.1, 0.15) is 11.4 Å². The maximum atomic E-state index is 12.7. The van der Waals surface area contributed by atoms with Crippen molar-refractivity contribution in [1.29, 1.82) is 0 Å². The summed E-state index contributed by atoms with van der Waals surface area (Å²) in [7, 11) is 2.07. The van der Waals surface area contributed by atoms with Crippen LogP contribution in [-0.2, 0) is 0 Å². The van der Waals surface area contributed by atoms with Crippen LogP contribution in [0.5, 0.6) is 5.75 Å². The van der Waals surface area contributed by atoms with E-state index in [4.69, 9.17) is 4.74 Å². The van der Waals surface area contributed by atoms with E-state index in [2.05, 4.69) is 22.2 Å². The van der Waals surface area contributed by atoms with E-state index in [1.807, 2.05) is 49.1 Å². The van der Waals surface area contributed by atoms with Crippen LogP contribution in [-0.4, -0.2) is 60.0 Å². The Balaban J connectivity index is 1.75. The zero-order chi connectivity index (χ0) is 18.5. The molecule has 138 valence electrons. The summed E-state index contributed by atoms with van der Waals surface area (Å²) in [5, 5.41) is 3.34. The van der Waals surface area contributed by atoms with Gasteiger partial charge in [-0.3, -0.25) is 9.78 Å². The Hall–Kier alpha value is -2.60. The Bertz CT molecular complexity index is 755. The van der Waals surface area contributed by atoms with E-state index in [0.717, 1.165) is 43.3 Å². The number of rotatable bonds is 5. The average Bonchev–Trinajstić information content (AvgIpc) is 2.63. The first kappa shape index (κ1) is 18.2. The molecule has 1 aliphatic rings. The minimum absolute atomic E-state index is 0.0199. The van der Waals surface area contributed by atoms with Crippen molar-refractivity contribution >= 4 is 17.3 Å². The van der Waals surface area contributed by atoms with Crippen molar-refractivity contribution in [3.05, 3.63) is 48.3 Å². The van der Waals surface area contributed by atoms with Crippen LogP contribution in [0.15, 0.2) is 42.6 Å². The van der Waals surface area contributed by atoms with Crippen LogP contribution in [0.25, 0.3) is 0 Å². The molecule has 0 spiro atoms. The van der Waals surface area contributed by atoms with Gasteiger partial charge in [0.25, 0.3) is 5.91 Å². The third kappa shape index (κ3) is 4.52. The number of piperazine rings is 1. The number of likely N-dealkylation sites (N-methyl/N-ethyl adjacent to an activating group) is 1. The first-order valence-electron chi connectivity index (χ1n) is 8.99. The van der Waals surface area contributed by atoms with Crippen molar-refractivity contribution in [1.82, 2.24) is 14.8 Å². The third-order valence-electron chi connectivity index (χ3n) is 4.30. The molecule has 0 aliphatic carbocycles. The predicted molar refractivity (Wildman–Crippen MR) is 103 cm³/mol. The van der Waals surface area contributed by atoms with Crippen molar-refractivity contribution < 1.29 is 9.53 Å². The lowest BCUT2D eigenvalue weighted by Gasteiger charge is -2.32. The molecule has 0 unspecified atom stereocenters. The van der Waals surface area contributed by atoms with Gasteiger partial charge < -0.3 is 19.9 Å². The molecule has 0 radical (unpaired) electrons. The topological polar surface area (TPSA) is 57.7 Å². The standard InChI is InChI=1S/C20H26N4O2/c1-15(2)26-19-7-5-4-6-17(19)22-16-8-9-21-18(14-16)20(25)24-12-10-23(3)11-13-24/h4-9,14-15H,10-13H2,1-3H3,(H,21,22). The Kier molecular flexibility index (Phi) is 5.73. The number of carbonyl (C=O) groups excluding carboxylic acids is 1. The SMILES string of the molecule is CC(C)Oc1ccccc1Nc1ccnc(C(=O)N2CCN(C)CC2)c1. The van der Waals surface area contributed by atoms with E-state index in [1.54, 1.807) is 12.3 Å². The largest absolute Gasteiger partial charge is 0.489 e. The molecule has 26 heavy (non-hydrogen) atoms. The fraction of sp³-hybridized carbons (Fsp3) is 0.400. The smallest absolute Gasteiger partial charge is 0.272 e. The minimum atomic E-state index is -0.0199. The van der Waals surface area contributed by atoms with E-state index < -0.39 is 0 Å². The molecule has 1 aromatic carbocycles. The lowest BCUT2D eigenvalue weighted by molar-refractivity contribution is 0.0658. The Morgan fingerprint density at radius 1 is 1.15 bits per heavy atom. The number of amides is 1. The number of hydrogen-bond donors (Lipinski definition) is 1. The normalized spacial score (nSPS) is 15.2. The Morgan fingerprint density at radius 2 is 1.88 bits per heavy atom. The molecular formula is C20H26N4O2. The van der Waals surface area contributed by atoms with Gasteiger partial charge in [-0.2, -0.15) is 0 Å². The molecule has 0 bridgehead atoms. The van der Waals surface area contributed by atoms with E-state index in [0.29, 0.717) is 5.69 Å². The molecule has 1 aliphatic heterocycles. The van der Waals surface area contributed by atoms with Gasteiger partial charge in [-0.1, -0.05) is 12.1 Å². The predicted octanol–water partition coefficient (Wildman–Crippen LogP) is 3.00. The second-order valence-electron chi connectivity index (χ2n) is 6.81. The van der Waals surface area contributed by atoms with Crippen LogP contribution in [0.3, 0.4) is 0 Å². The van der Waals surface area contributed by atoms with Gasteiger partial charge >= 0.3 is 0 Å². The summed E-state index contributed by atoms with van der Waals surface area (Å²) in [4.78, 5) is 21.1. The van der Waals surface area contributed by atoms with Gasteiger partial charge in [-0.05, 0) is 45.2 Å². The molecule has 1 aromatic heterocycles. The molecule has 0 saturated carbocycles.